The van der Waals surface area contributed by atoms with E-state index in [2.05, 4.69) is 15.1 Å². The molecule has 1 aliphatic rings. The maximum absolute atomic E-state index is 13.0. The number of nitrogens with one attached hydrogen (secondary N) is 1. The van der Waals surface area contributed by atoms with Crippen molar-refractivity contribution in [3.05, 3.63) is 53.1 Å². The Morgan fingerprint density at radius 3 is 2.70 bits per heavy atom. The van der Waals surface area contributed by atoms with Crippen molar-refractivity contribution in [1.29, 1.82) is 0 Å². The molecule has 0 unspecified atom stereocenters. The minimum absolute atomic E-state index is 0.0416. The van der Waals surface area contributed by atoms with Gasteiger partial charge in [0.1, 0.15) is 5.82 Å². The first-order chi connectivity index (χ1) is 11.1. The number of carbonyl (C=O) groups is 1. The van der Waals surface area contributed by atoms with Crippen molar-refractivity contribution < 1.29 is 9.18 Å². The van der Waals surface area contributed by atoms with Gasteiger partial charge >= 0.3 is 0 Å². The average Bonchev–Trinajstić information content (AvgIpc) is 2.84. The van der Waals surface area contributed by atoms with Crippen LogP contribution in [-0.2, 0) is 6.54 Å². The van der Waals surface area contributed by atoms with Crippen LogP contribution in [0.15, 0.2) is 30.5 Å². The Labute approximate surface area is 135 Å². The topological polar surface area (TPSA) is 52.2 Å². The fourth-order valence-corrected chi connectivity index (χ4v) is 2.92. The highest BCUT2D eigenvalue weighted by molar-refractivity contribution is 5.95. The molecule has 3 rings (SSSR count). The molecule has 2 heterocycles. The summed E-state index contributed by atoms with van der Waals surface area (Å²) in [6.07, 6.45) is 2.53. The van der Waals surface area contributed by atoms with Crippen molar-refractivity contribution in [1.82, 2.24) is 20.0 Å². The van der Waals surface area contributed by atoms with Crippen molar-refractivity contribution in [2.75, 3.05) is 26.2 Å². The van der Waals surface area contributed by atoms with Crippen LogP contribution in [-0.4, -0.2) is 52.1 Å². The normalized spacial score (nSPS) is 16.3. The van der Waals surface area contributed by atoms with Crippen molar-refractivity contribution in [3.63, 3.8) is 0 Å². The Bertz CT molecular complexity index is 667. The smallest absolute Gasteiger partial charge is 0.257 e. The van der Waals surface area contributed by atoms with E-state index >= 15 is 0 Å². The molecule has 0 saturated carbocycles. The van der Waals surface area contributed by atoms with Gasteiger partial charge in [-0.05, 0) is 31.0 Å². The molecule has 1 aliphatic heterocycles. The van der Waals surface area contributed by atoms with Gasteiger partial charge in [0.2, 0.25) is 0 Å². The summed E-state index contributed by atoms with van der Waals surface area (Å²) in [5.74, 6) is -0.170. The second-order valence-corrected chi connectivity index (χ2v) is 5.96. The van der Waals surface area contributed by atoms with Crippen LogP contribution in [0.5, 0.6) is 0 Å². The number of aryl methyl sites for hydroxylation is 1. The van der Waals surface area contributed by atoms with Crippen LogP contribution < -0.4 is 0 Å². The van der Waals surface area contributed by atoms with E-state index < -0.39 is 0 Å². The third kappa shape index (κ3) is 3.76. The zero-order valence-electron chi connectivity index (χ0n) is 13.3. The molecule has 0 radical (unpaired) electrons. The van der Waals surface area contributed by atoms with Gasteiger partial charge in [-0.15, -0.1) is 0 Å². The second kappa shape index (κ2) is 6.91. The molecular formula is C17H21FN4O. The molecule has 0 spiro atoms. The molecule has 0 bridgehead atoms. The average molecular weight is 316 g/mol. The van der Waals surface area contributed by atoms with Gasteiger partial charge in [-0.2, -0.15) is 5.10 Å². The number of carbonyl (C=O) groups excluding carboxylic acids is 1. The maximum atomic E-state index is 13.0. The molecule has 0 aliphatic carbocycles. The Balaban J connectivity index is 1.60. The SMILES string of the molecule is Cc1[nH]ncc1C(=O)N1CCCN(Cc2ccc(F)cc2)CC1. The first kappa shape index (κ1) is 15.7. The van der Waals surface area contributed by atoms with Gasteiger partial charge in [0.05, 0.1) is 11.8 Å². The Morgan fingerprint density at radius 1 is 1.22 bits per heavy atom. The predicted octanol–water partition coefficient (Wildman–Crippen LogP) is 2.21. The van der Waals surface area contributed by atoms with E-state index in [1.165, 1.54) is 12.1 Å². The zero-order valence-corrected chi connectivity index (χ0v) is 13.3. The number of hydrogen-bond donors (Lipinski definition) is 1. The highest BCUT2D eigenvalue weighted by atomic mass is 19.1. The Morgan fingerprint density at radius 2 is 2.00 bits per heavy atom. The summed E-state index contributed by atoms with van der Waals surface area (Å²) in [7, 11) is 0. The summed E-state index contributed by atoms with van der Waals surface area (Å²) in [6.45, 7) is 5.85. The molecule has 0 atom stereocenters. The van der Waals surface area contributed by atoms with Gasteiger partial charge in [-0.3, -0.25) is 14.8 Å². The third-order valence-electron chi connectivity index (χ3n) is 4.26. The maximum Gasteiger partial charge on any atom is 0.257 e. The second-order valence-electron chi connectivity index (χ2n) is 5.96. The number of aromatic nitrogens is 2. The van der Waals surface area contributed by atoms with E-state index in [1.54, 1.807) is 6.20 Å². The number of hydrogen-bond acceptors (Lipinski definition) is 3. The molecule has 1 fully saturated rings. The van der Waals surface area contributed by atoms with Crippen LogP contribution in [0.1, 0.15) is 28.0 Å². The molecule has 1 N–H and O–H groups in total. The molecular weight excluding hydrogens is 295 g/mol. The summed E-state index contributed by atoms with van der Waals surface area (Å²) in [5.41, 5.74) is 2.55. The van der Waals surface area contributed by atoms with E-state index in [9.17, 15) is 9.18 Å². The number of benzene rings is 1. The number of aromatic amines is 1. The van der Waals surface area contributed by atoms with E-state index in [0.717, 1.165) is 43.9 Å². The third-order valence-corrected chi connectivity index (χ3v) is 4.26. The lowest BCUT2D eigenvalue weighted by molar-refractivity contribution is 0.0760. The molecule has 1 amide bonds. The number of nitrogens with zero attached hydrogens (tertiary/aromatic N) is 3. The molecule has 6 heteroatoms. The van der Waals surface area contributed by atoms with E-state index in [4.69, 9.17) is 0 Å². The summed E-state index contributed by atoms with van der Waals surface area (Å²) >= 11 is 0. The van der Waals surface area contributed by atoms with E-state index in [1.807, 2.05) is 24.0 Å². The molecule has 1 aromatic heterocycles. The highest BCUT2D eigenvalue weighted by Crippen LogP contribution is 2.13. The molecule has 122 valence electrons. The lowest BCUT2D eigenvalue weighted by Crippen LogP contribution is -2.35. The summed E-state index contributed by atoms with van der Waals surface area (Å²) in [4.78, 5) is 16.7. The fraction of sp³-hybridized carbons (Fsp3) is 0.412. The monoisotopic (exact) mass is 316 g/mol. The lowest BCUT2D eigenvalue weighted by atomic mass is 10.2. The molecule has 1 aromatic carbocycles. The van der Waals surface area contributed by atoms with Crippen molar-refractivity contribution in [3.8, 4) is 0 Å². The number of amides is 1. The highest BCUT2D eigenvalue weighted by Gasteiger charge is 2.22. The summed E-state index contributed by atoms with van der Waals surface area (Å²) in [5, 5.41) is 6.74. The summed E-state index contributed by atoms with van der Waals surface area (Å²) in [6, 6.07) is 6.62. The van der Waals surface area contributed by atoms with Gasteiger partial charge in [0, 0.05) is 38.4 Å². The van der Waals surface area contributed by atoms with Crippen LogP contribution in [0.25, 0.3) is 0 Å². The molecule has 5 nitrogen and oxygen atoms in total. The summed E-state index contributed by atoms with van der Waals surface area (Å²) < 4.78 is 13.0. The van der Waals surface area contributed by atoms with Crippen LogP contribution in [0.2, 0.25) is 0 Å². The van der Waals surface area contributed by atoms with Gasteiger partial charge in [0.25, 0.3) is 5.91 Å². The van der Waals surface area contributed by atoms with Crippen LogP contribution >= 0.6 is 0 Å². The zero-order chi connectivity index (χ0) is 16.2. The quantitative estimate of drug-likeness (QED) is 0.944. The van der Waals surface area contributed by atoms with Gasteiger partial charge in [-0.25, -0.2) is 4.39 Å². The molecule has 2 aromatic rings. The molecule has 23 heavy (non-hydrogen) atoms. The number of H-pyrrole nitrogens is 1. The fourth-order valence-electron chi connectivity index (χ4n) is 2.92. The number of halogens is 1. The first-order valence-electron chi connectivity index (χ1n) is 7.89. The Hall–Kier alpha value is -2.21. The first-order valence-corrected chi connectivity index (χ1v) is 7.89. The predicted molar refractivity (Wildman–Crippen MR) is 85.5 cm³/mol. The van der Waals surface area contributed by atoms with Crippen molar-refractivity contribution in [2.45, 2.75) is 19.9 Å². The van der Waals surface area contributed by atoms with Crippen LogP contribution in [0, 0.1) is 12.7 Å². The van der Waals surface area contributed by atoms with Gasteiger partial charge < -0.3 is 4.90 Å². The minimum atomic E-state index is -0.211. The number of rotatable bonds is 3. The largest absolute Gasteiger partial charge is 0.337 e. The van der Waals surface area contributed by atoms with Crippen molar-refractivity contribution in [2.24, 2.45) is 0 Å². The van der Waals surface area contributed by atoms with Gasteiger partial charge in [-0.1, -0.05) is 12.1 Å². The van der Waals surface area contributed by atoms with Crippen LogP contribution in [0.3, 0.4) is 0 Å². The van der Waals surface area contributed by atoms with E-state index in [-0.39, 0.29) is 11.7 Å². The van der Waals surface area contributed by atoms with Gasteiger partial charge in [0.15, 0.2) is 0 Å². The molecule has 1 saturated heterocycles. The van der Waals surface area contributed by atoms with E-state index in [0.29, 0.717) is 12.1 Å². The lowest BCUT2D eigenvalue weighted by Gasteiger charge is -2.22. The Kier molecular flexibility index (Phi) is 4.71. The van der Waals surface area contributed by atoms with Crippen molar-refractivity contribution >= 4 is 5.91 Å². The standard InChI is InChI=1S/C17H21FN4O/c1-13-16(11-19-20-13)17(23)22-8-2-7-21(9-10-22)12-14-3-5-15(18)6-4-14/h3-6,11H,2,7-10,12H2,1H3,(H,19,20). The van der Waals surface area contributed by atoms with Crippen LogP contribution in [0.4, 0.5) is 4.39 Å². The minimum Gasteiger partial charge on any atom is -0.337 e.